The van der Waals surface area contributed by atoms with Crippen LogP contribution < -0.4 is 5.73 Å². The minimum Gasteiger partial charge on any atom is -0.378 e. The quantitative estimate of drug-likeness (QED) is 0.787. The average Bonchev–Trinajstić information content (AvgIpc) is 2.80. The molecule has 2 heterocycles. The molecule has 2 rings (SSSR count). The second kappa shape index (κ2) is 7.82. The monoisotopic (exact) mass is 269 g/mol. The maximum absolute atomic E-state index is 12.2. The van der Waals surface area contributed by atoms with Gasteiger partial charge in [-0.15, -0.1) is 0 Å². The van der Waals surface area contributed by atoms with E-state index in [9.17, 15) is 4.79 Å². The molecule has 0 spiro atoms. The first-order chi connectivity index (χ1) is 9.29. The number of carbonyl (C=O) groups excluding carboxylic acids is 1. The van der Waals surface area contributed by atoms with Gasteiger partial charge in [-0.2, -0.15) is 0 Å². The van der Waals surface area contributed by atoms with E-state index in [2.05, 4.69) is 4.90 Å². The second-order valence-electron chi connectivity index (χ2n) is 5.56. The van der Waals surface area contributed by atoms with E-state index >= 15 is 0 Å². The predicted molar refractivity (Wildman–Crippen MR) is 74.9 cm³/mol. The Morgan fingerprint density at radius 2 is 2.11 bits per heavy atom. The van der Waals surface area contributed by atoms with Crippen molar-refractivity contribution in [2.75, 3.05) is 45.9 Å². The number of ether oxygens (including phenoxy) is 1. The Labute approximate surface area is 116 Å². The summed E-state index contributed by atoms with van der Waals surface area (Å²) in [6, 6.07) is 0. The fraction of sp³-hybridized carbons (Fsp3) is 0.929. The highest BCUT2D eigenvalue weighted by atomic mass is 16.5. The van der Waals surface area contributed by atoms with Gasteiger partial charge in [0.25, 0.3) is 0 Å². The Hall–Kier alpha value is -0.650. The summed E-state index contributed by atoms with van der Waals surface area (Å²) >= 11 is 0. The second-order valence-corrected chi connectivity index (χ2v) is 5.56. The molecule has 19 heavy (non-hydrogen) atoms. The summed E-state index contributed by atoms with van der Waals surface area (Å²) in [6.07, 6.45) is 5.01. The smallest absolute Gasteiger partial charge is 0.225 e. The van der Waals surface area contributed by atoms with Gasteiger partial charge >= 0.3 is 0 Å². The van der Waals surface area contributed by atoms with E-state index in [4.69, 9.17) is 10.5 Å². The summed E-state index contributed by atoms with van der Waals surface area (Å²) in [6.45, 7) is 6.45. The van der Waals surface area contributed by atoms with Crippen molar-refractivity contribution in [2.24, 2.45) is 5.73 Å². The van der Waals surface area contributed by atoms with Crippen LogP contribution in [0.2, 0.25) is 0 Å². The molecule has 5 nitrogen and oxygen atoms in total. The summed E-state index contributed by atoms with van der Waals surface area (Å²) in [5.74, 6) is 0.271. The van der Waals surface area contributed by atoms with Gasteiger partial charge in [-0.3, -0.25) is 4.79 Å². The Balaban J connectivity index is 1.73. The largest absolute Gasteiger partial charge is 0.378 e. The molecule has 0 aromatic heterocycles. The predicted octanol–water partition coefficient (Wildman–Crippen LogP) is 0.439. The van der Waals surface area contributed by atoms with Gasteiger partial charge in [-0.1, -0.05) is 0 Å². The Bertz CT molecular complexity index is 280. The summed E-state index contributed by atoms with van der Waals surface area (Å²) in [4.78, 5) is 16.7. The minimum atomic E-state index is 0.170. The number of carbonyl (C=O) groups is 1. The first-order valence-corrected chi connectivity index (χ1v) is 7.61. The number of hydrogen-bond donors (Lipinski definition) is 1. The third-order valence-corrected chi connectivity index (χ3v) is 4.05. The van der Waals surface area contributed by atoms with Gasteiger partial charge in [-0.05, 0) is 45.3 Å². The first-order valence-electron chi connectivity index (χ1n) is 7.61. The van der Waals surface area contributed by atoms with E-state index in [0.29, 0.717) is 6.42 Å². The van der Waals surface area contributed by atoms with E-state index in [1.807, 2.05) is 4.90 Å². The first kappa shape index (κ1) is 14.8. The molecular weight excluding hydrogens is 242 g/mol. The lowest BCUT2D eigenvalue weighted by molar-refractivity contribution is -0.133. The van der Waals surface area contributed by atoms with Crippen LogP contribution in [0.3, 0.4) is 0 Å². The van der Waals surface area contributed by atoms with Crippen molar-refractivity contribution in [1.29, 1.82) is 0 Å². The number of rotatable bonds is 5. The molecule has 2 aliphatic rings. The van der Waals surface area contributed by atoms with Crippen LogP contribution >= 0.6 is 0 Å². The molecule has 0 aromatic rings. The van der Waals surface area contributed by atoms with Crippen LogP contribution in [0, 0.1) is 0 Å². The Morgan fingerprint density at radius 1 is 1.21 bits per heavy atom. The molecule has 2 fully saturated rings. The SMILES string of the molecule is NCCCN1CCCN(C(=O)CC2CCCO2)CC1. The summed E-state index contributed by atoms with van der Waals surface area (Å²) in [7, 11) is 0. The van der Waals surface area contributed by atoms with E-state index in [-0.39, 0.29) is 12.0 Å². The summed E-state index contributed by atoms with van der Waals surface area (Å²) in [5.41, 5.74) is 5.55. The van der Waals surface area contributed by atoms with Crippen molar-refractivity contribution < 1.29 is 9.53 Å². The zero-order valence-corrected chi connectivity index (χ0v) is 11.9. The van der Waals surface area contributed by atoms with Crippen molar-refractivity contribution in [3.8, 4) is 0 Å². The number of nitrogens with two attached hydrogens (primary N) is 1. The molecule has 5 heteroatoms. The van der Waals surface area contributed by atoms with Gasteiger partial charge in [0.15, 0.2) is 0 Å². The molecule has 2 N–H and O–H groups in total. The normalized spacial score (nSPS) is 25.5. The van der Waals surface area contributed by atoms with E-state index in [1.54, 1.807) is 0 Å². The number of nitrogens with zero attached hydrogens (tertiary/aromatic N) is 2. The fourth-order valence-corrected chi connectivity index (χ4v) is 2.89. The highest BCUT2D eigenvalue weighted by molar-refractivity contribution is 5.76. The van der Waals surface area contributed by atoms with E-state index in [1.165, 1.54) is 0 Å². The maximum Gasteiger partial charge on any atom is 0.225 e. The lowest BCUT2D eigenvalue weighted by atomic mass is 10.1. The van der Waals surface area contributed by atoms with Crippen LogP contribution in [-0.2, 0) is 9.53 Å². The molecule has 1 unspecified atom stereocenters. The van der Waals surface area contributed by atoms with Crippen LogP contribution in [0.5, 0.6) is 0 Å². The van der Waals surface area contributed by atoms with Crippen LogP contribution in [0.15, 0.2) is 0 Å². The molecule has 0 aliphatic carbocycles. The molecule has 1 amide bonds. The average molecular weight is 269 g/mol. The van der Waals surface area contributed by atoms with Crippen molar-refractivity contribution in [2.45, 2.75) is 38.2 Å². The van der Waals surface area contributed by atoms with Crippen molar-refractivity contribution in [3.63, 3.8) is 0 Å². The van der Waals surface area contributed by atoms with Gasteiger partial charge in [0.05, 0.1) is 12.5 Å². The highest BCUT2D eigenvalue weighted by Gasteiger charge is 2.24. The lowest BCUT2D eigenvalue weighted by Crippen LogP contribution is -2.37. The molecule has 110 valence electrons. The topological polar surface area (TPSA) is 58.8 Å². The summed E-state index contributed by atoms with van der Waals surface area (Å²) < 4.78 is 5.55. The zero-order chi connectivity index (χ0) is 13.5. The minimum absolute atomic E-state index is 0.170. The van der Waals surface area contributed by atoms with Crippen molar-refractivity contribution in [3.05, 3.63) is 0 Å². The lowest BCUT2D eigenvalue weighted by Gasteiger charge is -2.23. The van der Waals surface area contributed by atoms with Crippen LogP contribution in [0.4, 0.5) is 0 Å². The molecule has 2 saturated heterocycles. The maximum atomic E-state index is 12.2. The Morgan fingerprint density at radius 3 is 2.84 bits per heavy atom. The van der Waals surface area contributed by atoms with Crippen LogP contribution in [0.25, 0.3) is 0 Å². The molecular formula is C14H27N3O2. The molecule has 0 bridgehead atoms. The molecule has 0 radical (unpaired) electrons. The number of hydrogen-bond acceptors (Lipinski definition) is 4. The number of amides is 1. The fourth-order valence-electron chi connectivity index (χ4n) is 2.89. The Kier molecular flexibility index (Phi) is 6.07. The third kappa shape index (κ3) is 4.75. The van der Waals surface area contributed by atoms with Crippen molar-refractivity contribution >= 4 is 5.91 Å². The van der Waals surface area contributed by atoms with E-state index < -0.39 is 0 Å². The molecule has 0 saturated carbocycles. The molecule has 1 atom stereocenters. The standard InChI is InChI=1S/C14H27N3O2/c15-5-2-6-16-7-3-8-17(10-9-16)14(18)12-13-4-1-11-19-13/h13H,1-12,15H2. The van der Waals surface area contributed by atoms with Gasteiger partial charge in [0, 0.05) is 26.2 Å². The van der Waals surface area contributed by atoms with E-state index in [0.717, 1.165) is 71.6 Å². The third-order valence-electron chi connectivity index (χ3n) is 4.05. The molecule has 0 aromatic carbocycles. The van der Waals surface area contributed by atoms with Gasteiger partial charge in [-0.25, -0.2) is 0 Å². The molecule has 2 aliphatic heterocycles. The van der Waals surface area contributed by atoms with Gasteiger partial charge in [0.2, 0.25) is 5.91 Å². The van der Waals surface area contributed by atoms with Gasteiger partial charge in [0.1, 0.15) is 0 Å². The summed E-state index contributed by atoms with van der Waals surface area (Å²) in [5, 5.41) is 0. The van der Waals surface area contributed by atoms with Crippen molar-refractivity contribution in [1.82, 2.24) is 9.80 Å². The van der Waals surface area contributed by atoms with Crippen LogP contribution in [-0.4, -0.2) is 67.7 Å². The van der Waals surface area contributed by atoms with Gasteiger partial charge < -0.3 is 20.3 Å². The highest BCUT2D eigenvalue weighted by Crippen LogP contribution is 2.17. The zero-order valence-electron chi connectivity index (χ0n) is 11.9. The van der Waals surface area contributed by atoms with Crippen LogP contribution in [0.1, 0.15) is 32.1 Å².